The molecular weight excluding hydrogens is 520 g/mol. The standard InChI is InChI=1S/C30H37ClN2O6/c1-4-19(2)22(18-34)33-25-27(36)32(21-12-10-20(31)11-13-21)16-9-15-30(25)23(26(33)35)24-28(37)38-17-8-6-5-7-14-29(24,3)39-30/h7,9-15,19,22-25,34H,4-6,8,16-18H2,1-3H3/b14-7-/t19-,22-,23-,24-,25?,29+,30-/m0/s1. The largest absolute Gasteiger partial charge is 0.465 e. The van der Waals surface area contributed by atoms with Gasteiger partial charge in [0.05, 0.1) is 30.8 Å². The number of benzene rings is 1. The van der Waals surface area contributed by atoms with E-state index < -0.39 is 41.1 Å². The number of amides is 2. The monoisotopic (exact) mass is 556 g/mol. The van der Waals surface area contributed by atoms with Crippen LogP contribution >= 0.6 is 11.6 Å². The molecule has 0 radical (unpaired) electrons. The Labute approximate surface area is 234 Å². The summed E-state index contributed by atoms with van der Waals surface area (Å²) in [7, 11) is 0. The minimum Gasteiger partial charge on any atom is -0.465 e. The number of nitrogens with zero attached hydrogens (tertiary/aromatic N) is 2. The zero-order chi connectivity index (χ0) is 27.9. The average molecular weight is 557 g/mol. The summed E-state index contributed by atoms with van der Waals surface area (Å²) in [6, 6.07) is 5.25. The van der Waals surface area contributed by atoms with Crippen molar-refractivity contribution in [3.8, 4) is 0 Å². The van der Waals surface area contributed by atoms with E-state index in [1.54, 1.807) is 42.2 Å². The molecule has 0 bridgehead atoms. The highest BCUT2D eigenvalue weighted by Crippen LogP contribution is 2.58. The molecule has 39 heavy (non-hydrogen) atoms. The number of aliphatic hydroxyl groups excluding tert-OH is 1. The van der Waals surface area contributed by atoms with Gasteiger partial charge in [-0.25, -0.2) is 0 Å². The second-order valence-corrected chi connectivity index (χ2v) is 11.7. The third-order valence-electron chi connectivity index (χ3n) is 8.92. The molecule has 0 aromatic heterocycles. The number of aliphatic hydroxyl groups is 1. The van der Waals surface area contributed by atoms with E-state index in [4.69, 9.17) is 21.1 Å². The second-order valence-electron chi connectivity index (χ2n) is 11.3. The van der Waals surface area contributed by atoms with Crippen LogP contribution in [0.2, 0.25) is 5.02 Å². The molecule has 210 valence electrons. The van der Waals surface area contributed by atoms with Gasteiger partial charge in [0.2, 0.25) is 5.91 Å². The maximum atomic E-state index is 14.5. The molecule has 0 saturated carbocycles. The molecule has 7 atom stereocenters. The highest BCUT2D eigenvalue weighted by atomic mass is 35.5. The number of hydrogen-bond acceptors (Lipinski definition) is 6. The van der Waals surface area contributed by atoms with Crippen molar-refractivity contribution in [1.29, 1.82) is 0 Å². The van der Waals surface area contributed by atoms with Gasteiger partial charge in [-0.1, -0.05) is 56.2 Å². The van der Waals surface area contributed by atoms with Crippen LogP contribution in [0.4, 0.5) is 5.69 Å². The van der Waals surface area contributed by atoms with Gasteiger partial charge in [-0.3, -0.25) is 14.4 Å². The van der Waals surface area contributed by atoms with Gasteiger partial charge < -0.3 is 24.4 Å². The Bertz CT molecular complexity index is 1180. The van der Waals surface area contributed by atoms with Crippen molar-refractivity contribution in [1.82, 2.24) is 4.90 Å². The van der Waals surface area contributed by atoms with Crippen molar-refractivity contribution >= 4 is 35.1 Å². The first-order valence-electron chi connectivity index (χ1n) is 13.9. The average Bonchev–Trinajstić information content (AvgIpc) is 3.24. The number of likely N-dealkylation sites (tertiary alicyclic amines) is 1. The van der Waals surface area contributed by atoms with Crippen molar-refractivity contribution in [2.75, 3.05) is 24.7 Å². The van der Waals surface area contributed by atoms with E-state index in [-0.39, 0.29) is 37.5 Å². The molecule has 2 saturated heterocycles. The maximum absolute atomic E-state index is 14.5. The van der Waals surface area contributed by atoms with Crippen LogP contribution in [0, 0.1) is 17.8 Å². The Hall–Kier alpha value is -2.68. The topological polar surface area (TPSA) is 96.4 Å². The first kappa shape index (κ1) is 27.9. The molecule has 1 aromatic carbocycles. The summed E-state index contributed by atoms with van der Waals surface area (Å²) in [6.45, 7) is 5.95. The molecule has 2 amide bonds. The Kier molecular flexibility index (Phi) is 7.65. The Morgan fingerprint density at radius 1 is 1.08 bits per heavy atom. The molecule has 1 N–H and O–H groups in total. The van der Waals surface area contributed by atoms with E-state index >= 15 is 0 Å². The predicted molar refractivity (Wildman–Crippen MR) is 147 cm³/mol. The van der Waals surface area contributed by atoms with Crippen LogP contribution in [0.5, 0.6) is 0 Å². The van der Waals surface area contributed by atoms with Crippen molar-refractivity contribution < 1.29 is 29.0 Å². The van der Waals surface area contributed by atoms with Gasteiger partial charge in [0, 0.05) is 17.3 Å². The van der Waals surface area contributed by atoms with Gasteiger partial charge in [0.25, 0.3) is 5.91 Å². The van der Waals surface area contributed by atoms with E-state index in [0.29, 0.717) is 17.1 Å². The number of cyclic esters (lactones) is 1. The maximum Gasteiger partial charge on any atom is 0.313 e. The highest BCUT2D eigenvalue weighted by Gasteiger charge is 2.75. The lowest BCUT2D eigenvalue weighted by Gasteiger charge is -2.41. The molecule has 4 aliphatic rings. The first-order valence-corrected chi connectivity index (χ1v) is 14.3. The normalized spacial score (nSPS) is 35.0. The highest BCUT2D eigenvalue weighted by molar-refractivity contribution is 6.30. The van der Waals surface area contributed by atoms with Gasteiger partial charge >= 0.3 is 5.97 Å². The molecule has 1 unspecified atom stereocenters. The number of carbonyl (C=O) groups excluding carboxylic acids is 3. The SMILES string of the molecule is CC[C@H](C)[C@H](CO)N1C(=O)[C@@H]2[C@H]3C(=O)OCCCC/C=C\[C@@]3(C)O[C@@]23C=CCN(c2ccc(Cl)cc2)C(=O)C13. The zero-order valence-corrected chi connectivity index (χ0v) is 23.5. The van der Waals surface area contributed by atoms with E-state index in [9.17, 15) is 19.5 Å². The summed E-state index contributed by atoms with van der Waals surface area (Å²) in [4.78, 5) is 45.8. The molecule has 0 aliphatic carbocycles. The van der Waals surface area contributed by atoms with Crippen molar-refractivity contribution in [3.05, 3.63) is 53.6 Å². The fraction of sp³-hybridized carbons (Fsp3) is 0.567. The first-order chi connectivity index (χ1) is 18.7. The Morgan fingerprint density at radius 2 is 1.82 bits per heavy atom. The molecule has 5 rings (SSSR count). The van der Waals surface area contributed by atoms with Gasteiger partial charge in [0.1, 0.15) is 17.6 Å². The Balaban J connectivity index is 1.68. The lowest BCUT2D eigenvalue weighted by molar-refractivity contribution is -0.160. The van der Waals surface area contributed by atoms with Gasteiger partial charge in [-0.15, -0.1) is 0 Å². The summed E-state index contributed by atoms with van der Waals surface area (Å²) in [5.74, 6) is -3.21. The quantitative estimate of drug-likeness (QED) is 0.436. The summed E-state index contributed by atoms with van der Waals surface area (Å²) in [5.41, 5.74) is -1.93. The minimum absolute atomic E-state index is 0.0962. The molecule has 4 heterocycles. The number of anilines is 1. The van der Waals surface area contributed by atoms with E-state index in [1.807, 2.05) is 32.1 Å². The molecule has 1 aromatic rings. The number of carbonyl (C=O) groups is 3. The number of ether oxygens (including phenoxy) is 2. The summed E-state index contributed by atoms with van der Waals surface area (Å²) < 4.78 is 12.5. The minimum atomic E-state index is -1.41. The molecule has 2 fully saturated rings. The van der Waals surface area contributed by atoms with E-state index in [1.165, 1.54) is 4.90 Å². The van der Waals surface area contributed by atoms with Gasteiger partial charge in [0.15, 0.2) is 0 Å². The van der Waals surface area contributed by atoms with Gasteiger partial charge in [-0.05, 0) is 56.4 Å². The zero-order valence-electron chi connectivity index (χ0n) is 22.7. The molecule has 9 heteroatoms. The second kappa shape index (κ2) is 10.7. The summed E-state index contributed by atoms with van der Waals surface area (Å²) in [6.07, 6.45) is 10.6. The van der Waals surface area contributed by atoms with Crippen molar-refractivity contribution in [2.45, 2.75) is 69.7 Å². The van der Waals surface area contributed by atoms with E-state index in [2.05, 4.69) is 0 Å². The molecular formula is C30H37ClN2O6. The van der Waals surface area contributed by atoms with Crippen LogP contribution in [0.15, 0.2) is 48.6 Å². The van der Waals surface area contributed by atoms with Crippen LogP contribution in [0.25, 0.3) is 0 Å². The number of allylic oxidation sites excluding steroid dienone is 1. The number of hydrogen-bond donors (Lipinski definition) is 1. The van der Waals surface area contributed by atoms with Crippen LogP contribution < -0.4 is 4.90 Å². The summed E-state index contributed by atoms with van der Waals surface area (Å²) >= 11 is 6.11. The molecule has 8 nitrogen and oxygen atoms in total. The van der Waals surface area contributed by atoms with Crippen LogP contribution in [0.1, 0.15) is 46.5 Å². The van der Waals surface area contributed by atoms with Crippen LogP contribution in [0.3, 0.4) is 0 Å². The van der Waals surface area contributed by atoms with Crippen molar-refractivity contribution in [3.63, 3.8) is 0 Å². The smallest absolute Gasteiger partial charge is 0.313 e. The third-order valence-corrected chi connectivity index (χ3v) is 9.17. The molecule has 1 spiro atoms. The Morgan fingerprint density at radius 3 is 2.51 bits per heavy atom. The number of rotatable bonds is 5. The summed E-state index contributed by atoms with van der Waals surface area (Å²) in [5, 5.41) is 11.1. The number of halogens is 1. The van der Waals surface area contributed by atoms with Gasteiger partial charge in [-0.2, -0.15) is 0 Å². The lowest BCUT2D eigenvalue weighted by Crippen LogP contribution is -2.60. The third kappa shape index (κ3) is 4.50. The lowest BCUT2D eigenvalue weighted by atomic mass is 9.74. The predicted octanol–water partition coefficient (Wildman–Crippen LogP) is 3.90. The molecule has 4 aliphatic heterocycles. The van der Waals surface area contributed by atoms with Crippen molar-refractivity contribution in [2.24, 2.45) is 17.8 Å². The number of fused-ring (bicyclic) bond motifs is 2. The van der Waals surface area contributed by atoms with Crippen LogP contribution in [-0.2, 0) is 23.9 Å². The fourth-order valence-corrected chi connectivity index (χ4v) is 6.89. The van der Waals surface area contributed by atoms with Crippen LogP contribution in [-0.4, -0.2) is 70.8 Å². The van der Waals surface area contributed by atoms with E-state index in [0.717, 1.165) is 19.3 Å². The fourth-order valence-electron chi connectivity index (χ4n) is 6.76. The number of esters is 1.